The van der Waals surface area contributed by atoms with Crippen LogP contribution in [-0.4, -0.2) is 26.9 Å². The number of nitrogens with one attached hydrogen (secondary N) is 1. The van der Waals surface area contributed by atoms with Crippen LogP contribution in [-0.2, 0) is 20.1 Å². The quantitative estimate of drug-likeness (QED) is 0.815. The summed E-state index contributed by atoms with van der Waals surface area (Å²) in [7, 11) is 3.53. The summed E-state index contributed by atoms with van der Waals surface area (Å²) in [5, 5.41) is 11.1. The monoisotopic (exact) mass is 233 g/mol. The van der Waals surface area contributed by atoms with Crippen LogP contribution in [0.2, 0.25) is 0 Å². The van der Waals surface area contributed by atoms with E-state index < -0.39 is 0 Å². The van der Waals surface area contributed by atoms with E-state index in [0.29, 0.717) is 12.4 Å². The molecule has 0 atom stereocenters. The highest BCUT2D eigenvalue weighted by atomic mass is 16.5. The standard InChI is InChI=1S/C11H15N5O/c1-16-8-14-15-10(16)7-12-6-9-3-4-13-11(5-9)17-2/h3-5,8,12H,6-7H2,1-2H3. The van der Waals surface area contributed by atoms with Gasteiger partial charge in [0.2, 0.25) is 5.88 Å². The van der Waals surface area contributed by atoms with Crippen molar-refractivity contribution in [1.82, 2.24) is 25.1 Å². The van der Waals surface area contributed by atoms with E-state index in [1.54, 1.807) is 19.6 Å². The number of nitrogens with zero attached hydrogens (tertiary/aromatic N) is 4. The predicted molar refractivity (Wildman–Crippen MR) is 62.3 cm³/mol. The third kappa shape index (κ3) is 3.01. The van der Waals surface area contributed by atoms with Crippen molar-refractivity contribution in [2.45, 2.75) is 13.1 Å². The zero-order valence-electron chi connectivity index (χ0n) is 9.92. The fourth-order valence-electron chi connectivity index (χ4n) is 1.46. The minimum atomic E-state index is 0.628. The average molecular weight is 233 g/mol. The number of hydrogen-bond donors (Lipinski definition) is 1. The molecule has 6 nitrogen and oxygen atoms in total. The molecule has 0 aromatic carbocycles. The van der Waals surface area contributed by atoms with Crippen molar-refractivity contribution >= 4 is 0 Å². The van der Waals surface area contributed by atoms with Gasteiger partial charge in [-0.15, -0.1) is 10.2 Å². The van der Waals surface area contributed by atoms with Crippen molar-refractivity contribution < 1.29 is 4.74 Å². The second-order valence-electron chi connectivity index (χ2n) is 3.67. The van der Waals surface area contributed by atoms with Gasteiger partial charge in [-0.25, -0.2) is 4.98 Å². The van der Waals surface area contributed by atoms with Gasteiger partial charge in [-0.05, 0) is 11.6 Å². The molecule has 2 aromatic heterocycles. The lowest BCUT2D eigenvalue weighted by molar-refractivity contribution is 0.397. The lowest BCUT2D eigenvalue weighted by atomic mass is 10.2. The van der Waals surface area contributed by atoms with E-state index in [0.717, 1.165) is 17.9 Å². The molecule has 1 N–H and O–H groups in total. The average Bonchev–Trinajstić information content (AvgIpc) is 2.76. The molecule has 17 heavy (non-hydrogen) atoms. The lowest BCUT2D eigenvalue weighted by Crippen LogP contribution is -2.15. The van der Waals surface area contributed by atoms with Gasteiger partial charge in [-0.1, -0.05) is 0 Å². The van der Waals surface area contributed by atoms with Crippen LogP contribution in [0.1, 0.15) is 11.4 Å². The summed E-state index contributed by atoms with van der Waals surface area (Å²) in [6, 6.07) is 3.86. The van der Waals surface area contributed by atoms with Gasteiger partial charge in [0.15, 0.2) is 0 Å². The zero-order valence-corrected chi connectivity index (χ0v) is 9.92. The van der Waals surface area contributed by atoms with Gasteiger partial charge in [0.1, 0.15) is 12.2 Å². The molecule has 0 saturated heterocycles. The van der Waals surface area contributed by atoms with E-state index in [2.05, 4.69) is 20.5 Å². The first-order valence-corrected chi connectivity index (χ1v) is 5.32. The van der Waals surface area contributed by atoms with Crippen LogP contribution in [0.4, 0.5) is 0 Å². The molecular weight excluding hydrogens is 218 g/mol. The Hall–Kier alpha value is -1.95. The maximum absolute atomic E-state index is 5.06. The van der Waals surface area contributed by atoms with E-state index in [4.69, 9.17) is 4.74 Å². The molecule has 2 heterocycles. The Morgan fingerprint density at radius 2 is 2.29 bits per heavy atom. The number of aryl methyl sites for hydroxylation is 1. The van der Waals surface area contributed by atoms with Gasteiger partial charge in [-0.3, -0.25) is 0 Å². The molecule has 6 heteroatoms. The molecule has 0 aliphatic rings. The summed E-state index contributed by atoms with van der Waals surface area (Å²) in [6.45, 7) is 1.42. The van der Waals surface area contributed by atoms with Gasteiger partial charge >= 0.3 is 0 Å². The SMILES string of the molecule is COc1cc(CNCc2nncn2C)ccn1. The van der Waals surface area contributed by atoms with Crippen molar-refractivity contribution in [2.75, 3.05) is 7.11 Å². The molecule has 0 spiro atoms. The minimum absolute atomic E-state index is 0.628. The second-order valence-corrected chi connectivity index (χ2v) is 3.67. The molecule has 0 unspecified atom stereocenters. The normalized spacial score (nSPS) is 10.5. The number of hydrogen-bond acceptors (Lipinski definition) is 5. The number of methoxy groups -OCH3 is 1. The third-order valence-corrected chi connectivity index (χ3v) is 2.43. The van der Waals surface area contributed by atoms with Crippen molar-refractivity contribution in [1.29, 1.82) is 0 Å². The minimum Gasteiger partial charge on any atom is -0.481 e. The van der Waals surface area contributed by atoms with Crippen molar-refractivity contribution in [3.05, 3.63) is 36.0 Å². The Balaban J connectivity index is 1.87. The highest BCUT2D eigenvalue weighted by molar-refractivity contribution is 5.20. The maximum atomic E-state index is 5.06. The third-order valence-electron chi connectivity index (χ3n) is 2.43. The Kier molecular flexibility index (Phi) is 3.66. The molecule has 2 rings (SSSR count). The molecule has 0 aliphatic heterocycles. The summed E-state index contributed by atoms with van der Waals surface area (Å²) < 4.78 is 6.95. The lowest BCUT2D eigenvalue weighted by Gasteiger charge is -2.05. The topological polar surface area (TPSA) is 64.9 Å². The van der Waals surface area contributed by atoms with Crippen LogP contribution in [0.3, 0.4) is 0 Å². The Bertz CT molecular complexity index is 482. The van der Waals surface area contributed by atoms with Gasteiger partial charge in [0.05, 0.1) is 13.7 Å². The number of pyridine rings is 1. The molecule has 0 bridgehead atoms. The molecular formula is C11H15N5O. The molecule has 2 aromatic rings. The summed E-state index contributed by atoms with van der Waals surface area (Å²) in [6.07, 6.45) is 3.42. The van der Waals surface area contributed by atoms with E-state index in [-0.39, 0.29) is 0 Å². The molecule has 0 aliphatic carbocycles. The van der Waals surface area contributed by atoms with E-state index in [9.17, 15) is 0 Å². The number of aromatic nitrogens is 4. The van der Waals surface area contributed by atoms with Gasteiger partial charge in [0.25, 0.3) is 0 Å². The Morgan fingerprint density at radius 3 is 3.00 bits per heavy atom. The van der Waals surface area contributed by atoms with E-state index in [1.165, 1.54) is 0 Å². The molecule has 0 radical (unpaired) electrons. The predicted octanol–water partition coefficient (Wildman–Crippen LogP) is 0.508. The van der Waals surface area contributed by atoms with Crippen LogP contribution < -0.4 is 10.1 Å². The Morgan fingerprint density at radius 1 is 1.41 bits per heavy atom. The number of rotatable bonds is 5. The Labute approximate surface area is 99.7 Å². The highest BCUT2D eigenvalue weighted by Crippen LogP contribution is 2.08. The van der Waals surface area contributed by atoms with Crippen LogP contribution in [0, 0.1) is 0 Å². The summed E-state index contributed by atoms with van der Waals surface area (Å²) in [5.41, 5.74) is 1.12. The molecule has 0 saturated carbocycles. The number of ether oxygens (including phenoxy) is 1. The van der Waals surface area contributed by atoms with Crippen LogP contribution in [0.5, 0.6) is 5.88 Å². The second kappa shape index (κ2) is 5.40. The smallest absolute Gasteiger partial charge is 0.213 e. The zero-order chi connectivity index (χ0) is 12.1. The fraction of sp³-hybridized carbons (Fsp3) is 0.364. The van der Waals surface area contributed by atoms with Gasteiger partial charge in [0, 0.05) is 25.9 Å². The molecule has 90 valence electrons. The van der Waals surface area contributed by atoms with Crippen LogP contribution >= 0.6 is 0 Å². The first-order valence-electron chi connectivity index (χ1n) is 5.32. The van der Waals surface area contributed by atoms with Gasteiger partial charge in [-0.2, -0.15) is 0 Å². The van der Waals surface area contributed by atoms with Crippen molar-refractivity contribution in [3.63, 3.8) is 0 Å². The molecule has 0 fully saturated rings. The first-order chi connectivity index (χ1) is 8.29. The van der Waals surface area contributed by atoms with Crippen molar-refractivity contribution in [2.24, 2.45) is 7.05 Å². The largest absolute Gasteiger partial charge is 0.481 e. The highest BCUT2D eigenvalue weighted by Gasteiger charge is 2.00. The van der Waals surface area contributed by atoms with Crippen molar-refractivity contribution in [3.8, 4) is 5.88 Å². The maximum Gasteiger partial charge on any atom is 0.213 e. The molecule has 0 amide bonds. The summed E-state index contributed by atoms with van der Waals surface area (Å²) in [4.78, 5) is 4.05. The van der Waals surface area contributed by atoms with Gasteiger partial charge < -0.3 is 14.6 Å². The first kappa shape index (κ1) is 11.5. The summed E-state index contributed by atoms with van der Waals surface area (Å²) >= 11 is 0. The van der Waals surface area contributed by atoms with E-state index in [1.807, 2.05) is 23.7 Å². The van der Waals surface area contributed by atoms with Crippen LogP contribution in [0.15, 0.2) is 24.7 Å². The van der Waals surface area contributed by atoms with Crippen LogP contribution in [0.25, 0.3) is 0 Å². The van der Waals surface area contributed by atoms with E-state index >= 15 is 0 Å². The fourth-order valence-corrected chi connectivity index (χ4v) is 1.46. The summed E-state index contributed by atoms with van der Waals surface area (Å²) in [5.74, 6) is 1.54.